The van der Waals surface area contributed by atoms with Crippen LogP contribution in [0.25, 0.3) is 0 Å². The molecule has 2 heteroatoms. The molecule has 2 N–H and O–H groups in total. The third-order valence-corrected chi connectivity index (χ3v) is 6.16. The minimum atomic E-state index is 0.767. The van der Waals surface area contributed by atoms with Crippen LogP contribution < -0.4 is 5.73 Å². The van der Waals surface area contributed by atoms with Crippen LogP contribution in [0.5, 0.6) is 0 Å². The lowest BCUT2D eigenvalue weighted by molar-refractivity contribution is 0.0377. The SMILES string of the molecule is NCC1CCCCC1N1CCC2(CCCC2)CC1. The Kier molecular flexibility index (Phi) is 3.95. The van der Waals surface area contributed by atoms with Crippen molar-refractivity contribution in [3.05, 3.63) is 0 Å². The lowest BCUT2D eigenvalue weighted by Crippen LogP contribution is -2.50. The van der Waals surface area contributed by atoms with Crippen LogP contribution in [0.15, 0.2) is 0 Å². The summed E-state index contributed by atoms with van der Waals surface area (Å²) >= 11 is 0. The number of piperidine rings is 1. The molecule has 2 aliphatic carbocycles. The number of nitrogens with zero attached hydrogens (tertiary/aromatic N) is 1. The minimum absolute atomic E-state index is 0.767. The molecule has 1 aliphatic heterocycles. The van der Waals surface area contributed by atoms with E-state index in [1.807, 2.05) is 0 Å². The van der Waals surface area contributed by atoms with Crippen molar-refractivity contribution in [1.29, 1.82) is 0 Å². The van der Waals surface area contributed by atoms with Crippen molar-refractivity contribution >= 4 is 0 Å². The van der Waals surface area contributed by atoms with Crippen molar-refractivity contribution in [2.45, 2.75) is 70.3 Å². The molecule has 2 saturated carbocycles. The second-order valence-electron chi connectivity index (χ2n) is 7.09. The van der Waals surface area contributed by atoms with E-state index >= 15 is 0 Å². The Bertz CT molecular complexity index is 260. The highest BCUT2D eigenvalue weighted by Crippen LogP contribution is 2.47. The molecule has 2 unspecified atom stereocenters. The molecule has 0 aromatic rings. The molecule has 104 valence electrons. The van der Waals surface area contributed by atoms with Crippen molar-refractivity contribution < 1.29 is 0 Å². The maximum atomic E-state index is 5.99. The van der Waals surface area contributed by atoms with Gasteiger partial charge in [-0.1, -0.05) is 25.7 Å². The summed E-state index contributed by atoms with van der Waals surface area (Å²) in [5.74, 6) is 0.788. The van der Waals surface area contributed by atoms with Crippen LogP contribution in [0.3, 0.4) is 0 Å². The molecule has 3 fully saturated rings. The fourth-order valence-corrected chi connectivity index (χ4v) is 4.90. The van der Waals surface area contributed by atoms with E-state index in [9.17, 15) is 0 Å². The first kappa shape index (κ1) is 12.9. The number of hydrogen-bond donors (Lipinski definition) is 1. The van der Waals surface area contributed by atoms with Gasteiger partial charge in [-0.2, -0.15) is 0 Å². The Morgan fingerprint density at radius 1 is 0.889 bits per heavy atom. The van der Waals surface area contributed by atoms with Gasteiger partial charge in [-0.15, -0.1) is 0 Å². The van der Waals surface area contributed by atoms with Crippen molar-refractivity contribution in [1.82, 2.24) is 4.90 Å². The summed E-state index contributed by atoms with van der Waals surface area (Å²) in [6.07, 6.45) is 14.6. The van der Waals surface area contributed by atoms with Crippen LogP contribution >= 0.6 is 0 Å². The quantitative estimate of drug-likeness (QED) is 0.815. The Balaban J connectivity index is 1.57. The zero-order valence-corrected chi connectivity index (χ0v) is 11.9. The zero-order valence-electron chi connectivity index (χ0n) is 11.9. The highest BCUT2D eigenvalue weighted by Gasteiger charge is 2.39. The van der Waals surface area contributed by atoms with Crippen molar-refractivity contribution in [3.8, 4) is 0 Å². The van der Waals surface area contributed by atoms with Gasteiger partial charge >= 0.3 is 0 Å². The first-order valence-corrected chi connectivity index (χ1v) is 8.27. The van der Waals surface area contributed by atoms with E-state index in [4.69, 9.17) is 5.73 Å². The van der Waals surface area contributed by atoms with Gasteiger partial charge in [0.1, 0.15) is 0 Å². The van der Waals surface area contributed by atoms with Crippen LogP contribution in [-0.2, 0) is 0 Å². The number of likely N-dealkylation sites (tertiary alicyclic amines) is 1. The van der Waals surface area contributed by atoms with Crippen molar-refractivity contribution in [3.63, 3.8) is 0 Å². The molecule has 2 nitrogen and oxygen atoms in total. The van der Waals surface area contributed by atoms with E-state index < -0.39 is 0 Å². The first-order valence-electron chi connectivity index (χ1n) is 8.27. The van der Waals surface area contributed by atoms with Crippen LogP contribution in [-0.4, -0.2) is 30.6 Å². The Morgan fingerprint density at radius 2 is 1.56 bits per heavy atom. The predicted octanol–water partition coefficient (Wildman–Crippen LogP) is 3.16. The lowest BCUT2D eigenvalue weighted by Gasteiger charge is -2.46. The fraction of sp³-hybridized carbons (Fsp3) is 1.00. The Labute approximate surface area is 112 Å². The van der Waals surface area contributed by atoms with Gasteiger partial charge in [0.2, 0.25) is 0 Å². The van der Waals surface area contributed by atoms with Gasteiger partial charge in [0, 0.05) is 6.04 Å². The monoisotopic (exact) mass is 250 g/mol. The lowest BCUT2D eigenvalue weighted by atomic mass is 9.75. The summed E-state index contributed by atoms with van der Waals surface area (Å²) in [6.45, 7) is 3.63. The van der Waals surface area contributed by atoms with E-state index in [1.165, 1.54) is 77.3 Å². The molecule has 3 rings (SSSR count). The molecule has 0 radical (unpaired) electrons. The van der Waals surface area contributed by atoms with Crippen LogP contribution in [0.4, 0.5) is 0 Å². The van der Waals surface area contributed by atoms with E-state index in [2.05, 4.69) is 4.90 Å². The average molecular weight is 250 g/mol. The van der Waals surface area contributed by atoms with Gasteiger partial charge in [0.25, 0.3) is 0 Å². The molecule has 1 saturated heterocycles. The normalized spacial score (nSPS) is 37.2. The maximum absolute atomic E-state index is 5.99. The van der Waals surface area contributed by atoms with Crippen LogP contribution in [0.1, 0.15) is 64.2 Å². The third kappa shape index (κ3) is 2.46. The molecule has 0 aromatic carbocycles. The molecule has 1 heterocycles. The van der Waals surface area contributed by atoms with E-state index in [0.717, 1.165) is 23.9 Å². The molecule has 1 spiro atoms. The standard InChI is InChI=1S/C16H30N2/c17-13-14-5-1-2-6-15(14)18-11-9-16(10-12-18)7-3-4-8-16/h14-15H,1-13,17H2. The van der Waals surface area contributed by atoms with Gasteiger partial charge in [-0.05, 0) is 69.5 Å². The molecule has 0 aromatic heterocycles. The summed E-state index contributed by atoms with van der Waals surface area (Å²) in [5.41, 5.74) is 6.76. The van der Waals surface area contributed by atoms with Crippen molar-refractivity contribution in [2.75, 3.05) is 19.6 Å². The van der Waals surface area contributed by atoms with Gasteiger partial charge < -0.3 is 10.6 Å². The number of nitrogens with two attached hydrogens (primary N) is 1. The Hall–Kier alpha value is -0.0800. The smallest absolute Gasteiger partial charge is 0.0136 e. The molecule has 0 amide bonds. The molecular weight excluding hydrogens is 220 g/mol. The summed E-state index contributed by atoms with van der Waals surface area (Å²) < 4.78 is 0. The highest BCUT2D eigenvalue weighted by atomic mass is 15.2. The second kappa shape index (κ2) is 5.50. The largest absolute Gasteiger partial charge is 0.330 e. The first-order chi connectivity index (χ1) is 8.83. The van der Waals surface area contributed by atoms with Gasteiger partial charge in [0.05, 0.1) is 0 Å². The maximum Gasteiger partial charge on any atom is 0.0136 e. The highest BCUT2D eigenvalue weighted by molar-refractivity contribution is 4.93. The van der Waals surface area contributed by atoms with E-state index in [1.54, 1.807) is 0 Å². The third-order valence-electron chi connectivity index (χ3n) is 6.16. The summed E-state index contributed by atoms with van der Waals surface area (Å²) in [5, 5.41) is 0. The van der Waals surface area contributed by atoms with Gasteiger partial charge in [-0.25, -0.2) is 0 Å². The summed E-state index contributed by atoms with van der Waals surface area (Å²) in [7, 11) is 0. The Morgan fingerprint density at radius 3 is 2.22 bits per heavy atom. The number of rotatable bonds is 2. The average Bonchev–Trinajstić information content (AvgIpc) is 2.88. The minimum Gasteiger partial charge on any atom is -0.330 e. The zero-order chi connectivity index (χ0) is 12.4. The number of hydrogen-bond acceptors (Lipinski definition) is 2. The summed E-state index contributed by atoms with van der Waals surface area (Å²) in [6, 6.07) is 0.822. The molecule has 2 atom stereocenters. The van der Waals surface area contributed by atoms with Gasteiger partial charge in [-0.3, -0.25) is 0 Å². The fourth-order valence-electron chi connectivity index (χ4n) is 4.90. The molecule has 0 bridgehead atoms. The van der Waals surface area contributed by atoms with Crippen molar-refractivity contribution in [2.24, 2.45) is 17.1 Å². The second-order valence-corrected chi connectivity index (χ2v) is 7.09. The van der Waals surface area contributed by atoms with E-state index in [-0.39, 0.29) is 0 Å². The molecule has 18 heavy (non-hydrogen) atoms. The molecular formula is C16H30N2. The van der Waals surface area contributed by atoms with Gasteiger partial charge in [0.15, 0.2) is 0 Å². The van der Waals surface area contributed by atoms with Crippen LogP contribution in [0.2, 0.25) is 0 Å². The predicted molar refractivity (Wildman–Crippen MR) is 76.5 cm³/mol. The summed E-state index contributed by atoms with van der Waals surface area (Å²) in [4.78, 5) is 2.81. The topological polar surface area (TPSA) is 29.3 Å². The van der Waals surface area contributed by atoms with E-state index in [0.29, 0.717) is 0 Å². The van der Waals surface area contributed by atoms with Crippen LogP contribution in [0, 0.1) is 11.3 Å². The molecule has 3 aliphatic rings.